The second kappa shape index (κ2) is 5.89. The van der Waals surface area contributed by atoms with Crippen molar-refractivity contribution >= 4 is 6.09 Å². The van der Waals surface area contributed by atoms with Gasteiger partial charge in [-0.1, -0.05) is 32.9 Å². The highest BCUT2D eigenvalue weighted by Gasteiger charge is 2.15. The molecular formula is C15H23NO2. The fourth-order valence-electron chi connectivity index (χ4n) is 1.67. The SMILES string of the molecule is CCN(CC)C(=O)Oc1ccc(C(C)(C)C)cc1. The van der Waals surface area contributed by atoms with Gasteiger partial charge in [0.05, 0.1) is 0 Å². The third-order valence-electron chi connectivity index (χ3n) is 2.95. The first-order chi connectivity index (χ1) is 8.38. The average molecular weight is 249 g/mol. The van der Waals surface area contributed by atoms with Gasteiger partial charge in [0.1, 0.15) is 5.75 Å². The highest BCUT2D eigenvalue weighted by molar-refractivity contribution is 5.70. The highest BCUT2D eigenvalue weighted by Crippen LogP contribution is 2.24. The van der Waals surface area contributed by atoms with E-state index in [1.165, 1.54) is 5.56 Å². The summed E-state index contributed by atoms with van der Waals surface area (Å²) in [5.74, 6) is 0.597. The molecule has 1 aromatic rings. The molecule has 0 bridgehead atoms. The van der Waals surface area contributed by atoms with Crippen LogP contribution >= 0.6 is 0 Å². The van der Waals surface area contributed by atoms with Crippen molar-refractivity contribution in [2.24, 2.45) is 0 Å². The Labute approximate surface area is 110 Å². The quantitative estimate of drug-likeness (QED) is 0.815. The molecular weight excluding hydrogens is 226 g/mol. The van der Waals surface area contributed by atoms with Crippen LogP contribution in [0.15, 0.2) is 24.3 Å². The molecule has 0 saturated carbocycles. The Morgan fingerprint density at radius 3 is 2.00 bits per heavy atom. The lowest BCUT2D eigenvalue weighted by atomic mass is 9.87. The van der Waals surface area contributed by atoms with Gasteiger partial charge in [-0.3, -0.25) is 0 Å². The number of carbonyl (C=O) groups is 1. The summed E-state index contributed by atoms with van der Waals surface area (Å²) < 4.78 is 5.31. The first-order valence-electron chi connectivity index (χ1n) is 6.45. The van der Waals surface area contributed by atoms with Crippen molar-refractivity contribution in [1.82, 2.24) is 4.90 Å². The monoisotopic (exact) mass is 249 g/mol. The minimum atomic E-state index is -0.288. The van der Waals surface area contributed by atoms with Crippen molar-refractivity contribution in [3.8, 4) is 5.75 Å². The zero-order chi connectivity index (χ0) is 13.8. The van der Waals surface area contributed by atoms with Crippen molar-refractivity contribution in [3.05, 3.63) is 29.8 Å². The zero-order valence-corrected chi connectivity index (χ0v) is 12.0. The first kappa shape index (κ1) is 14.6. The number of amides is 1. The van der Waals surface area contributed by atoms with Gasteiger partial charge in [0.15, 0.2) is 0 Å². The molecule has 1 rings (SSSR count). The number of nitrogens with zero attached hydrogens (tertiary/aromatic N) is 1. The molecule has 0 aromatic heterocycles. The summed E-state index contributed by atoms with van der Waals surface area (Å²) in [6.07, 6.45) is -0.288. The molecule has 0 aliphatic heterocycles. The number of benzene rings is 1. The van der Waals surface area contributed by atoms with Gasteiger partial charge < -0.3 is 9.64 Å². The maximum Gasteiger partial charge on any atom is 0.415 e. The van der Waals surface area contributed by atoms with Crippen molar-refractivity contribution in [2.45, 2.75) is 40.0 Å². The zero-order valence-electron chi connectivity index (χ0n) is 12.0. The van der Waals surface area contributed by atoms with Gasteiger partial charge in [0, 0.05) is 13.1 Å². The molecule has 18 heavy (non-hydrogen) atoms. The number of rotatable bonds is 3. The Kier molecular flexibility index (Phi) is 4.76. The second-order valence-electron chi connectivity index (χ2n) is 5.31. The fourth-order valence-corrected chi connectivity index (χ4v) is 1.67. The van der Waals surface area contributed by atoms with Gasteiger partial charge in [-0.25, -0.2) is 4.79 Å². The summed E-state index contributed by atoms with van der Waals surface area (Å²) in [6, 6.07) is 7.71. The van der Waals surface area contributed by atoms with Gasteiger partial charge in [0.25, 0.3) is 0 Å². The molecule has 3 heteroatoms. The molecule has 1 amide bonds. The number of carbonyl (C=O) groups excluding carboxylic acids is 1. The van der Waals surface area contributed by atoms with Crippen LogP contribution < -0.4 is 4.74 Å². The maximum absolute atomic E-state index is 11.8. The van der Waals surface area contributed by atoms with Crippen molar-refractivity contribution in [1.29, 1.82) is 0 Å². The van der Waals surface area contributed by atoms with E-state index in [-0.39, 0.29) is 11.5 Å². The lowest BCUT2D eigenvalue weighted by Gasteiger charge is -2.20. The minimum Gasteiger partial charge on any atom is -0.410 e. The van der Waals surface area contributed by atoms with E-state index < -0.39 is 0 Å². The van der Waals surface area contributed by atoms with Crippen molar-refractivity contribution in [3.63, 3.8) is 0 Å². The van der Waals surface area contributed by atoms with Crippen LogP contribution in [-0.2, 0) is 5.41 Å². The molecule has 3 nitrogen and oxygen atoms in total. The molecule has 1 aromatic carbocycles. The normalized spacial score (nSPS) is 11.2. The maximum atomic E-state index is 11.8. The van der Waals surface area contributed by atoms with E-state index in [4.69, 9.17) is 4.74 Å². The molecule has 0 radical (unpaired) electrons. The van der Waals surface area contributed by atoms with Crippen LogP contribution in [0.3, 0.4) is 0 Å². The van der Waals surface area contributed by atoms with Gasteiger partial charge in [-0.05, 0) is 37.0 Å². The van der Waals surface area contributed by atoms with Gasteiger partial charge >= 0.3 is 6.09 Å². The molecule has 0 fully saturated rings. The van der Waals surface area contributed by atoms with E-state index in [2.05, 4.69) is 20.8 Å². The fraction of sp³-hybridized carbons (Fsp3) is 0.533. The van der Waals surface area contributed by atoms with E-state index in [1.807, 2.05) is 38.1 Å². The topological polar surface area (TPSA) is 29.5 Å². The molecule has 0 N–H and O–H groups in total. The van der Waals surface area contributed by atoms with Crippen LogP contribution in [0.2, 0.25) is 0 Å². The smallest absolute Gasteiger partial charge is 0.410 e. The third-order valence-corrected chi connectivity index (χ3v) is 2.95. The molecule has 0 atom stereocenters. The van der Waals surface area contributed by atoms with Gasteiger partial charge in [0.2, 0.25) is 0 Å². The Balaban J connectivity index is 2.72. The van der Waals surface area contributed by atoms with Crippen LogP contribution in [0.4, 0.5) is 4.79 Å². The predicted molar refractivity (Wildman–Crippen MR) is 74.1 cm³/mol. The average Bonchev–Trinajstić information content (AvgIpc) is 2.30. The standard InChI is InChI=1S/C15H23NO2/c1-6-16(7-2)14(17)18-13-10-8-12(9-11-13)15(3,4)5/h8-11H,6-7H2,1-5H3. The van der Waals surface area contributed by atoms with Crippen LogP contribution in [-0.4, -0.2) is 24.1 Å². The van der Waals surface area contributed by atoms with Gasteiger partial charge in [-0.2, -0.15) is 0 Å². The lowest BCUT2D eigenvalue weighted by Crippen LogP contribution is -2.33. The molecule has 0 spiro atoms. The summed E-state index contributed by atoms with van der Waals surface area (Å²) in [5, 5.41) is 0. The van der Waals surface area contributed by atoms with Crippen LogP contribution in [0.5, 0.6) is 5.75 Å². The van der Waals surface area contributed by atoms with Crippen molar-refractivity contribution < 1.29 is 9.53 Å². The number of hydrogen-bond donors (Lipinski definition) is 0. The van der Waals surface area contributed by atoms with Crippen molar-refractivity contribution in [2.75, 3.05) is 13.1 Å². The molecule has 0 saturated heterocycles. The molecule has 0 aliphatic carbocycles. The largest absolute Gasteiger partial charge is 0.415 e. The van der Waals surface area contributed by atoms with E-state index in [1.54, 1.807) is 4.90 Å². The summed E-state index contributed by atoms with van der Waals surface area (Å²) in [5.41, 5.74) is 1.34. The number of ether oxygens (including phenoxy) is 1. The molecule has 0 heterocycles. The van der Waals surface area contributed by atoms with E-state index in [0.717, 1.165) is 0 Å². The van der Waals surface area contributed by atoms with Crippen LogP contribution in [0, 0.1) is 0 Å². The van der Waals surface area contributed by atoms with E-state index >= 15 is 0 Å². The summed E-state index contributed by atoms with van der Waals surface area (Å²) >= 11 is 0. The van der Waals surface area contributed by atoms with Crippen LogP contribution in [0.25, 0.3) is 0 Å². The van der Waals surface area contributed by atoms with Gasteiger partial charge in [-0.15, -0.1) is 0 Å². The lowest BCUT2D eigenvalue weighted by molar-refractivity contribution is 0.157. The Bertz CT molecular complexity index is 386. The highest BCUT2D eigenvalue weighted by atomic mass is 16.6. The van der Waals surface area contributed by atoms with E-state index in [0.29, 0.717) is 18.8 Å². The molecule has 0 unspecified atom stereocenters. The predicted octanol–water partition coefficient (Wildman–Crippen LogP) is 3.82. The summed E-state index contributed by atoms with van der Waals surface area (Å²) in [4.78, 5) is 13.4. The third kappa shape index (κ3) is 3.76. The Morgan fingerprint density at radius 2 is 1.61 bits per heavy atom. The molecule has 100 valence electrons. The minimum absolute atomic E-state index is 0.113. The van der Waals surface area contributed by atoms with Crippen LogP contribution in [0.1, 0.15) is 40.2 Å². The summed E-state index contributed by atoms with van der Waals surface area (Å²) in [7, 11) is 0. The molecule has 0 aliphatic rings. The Hall–Kier alpha value is -1.51. The second-order valence-corrected chi connectivity index (χ2v) is 5.31. The first-order valence-corrected chi connectivity index (χ1v) is 6.45. The summed E-state index contributed by atoms with van der Waals surface area (Å²) in [6.45, 7) is 11.7. The number of hydrogen-bond acceptors (Lipinski definition) is 2. The Morgan fingerprint density at radius 1 is 1.11 bits per heavy atom. The van der Waals surface area contributed by atoms with E-state index in [9.17, 15) is 4.79 Å².